The van der Waals surface area contributed by atoms with E-state index >= 15 is 0 Å². The Morgan fingerprint density at radius 1 is 1.23 bits per heavy atom. The number of hydrogen-bond donors (Lipinski definition) is 2. The molecule has 0 bridgehead atoms. The van der Waals surface area contributed by atoms with Crippen LogP contribution in [0.15, 0.2) is 29.4 Å². The maximum Gasteiger partial charge on any atom is 0.251 e. The van der Waals surface area contributed by atoms with Gasteiger partial charge in [0.2, 0.25) is 5.91 Å². The fraction of sp³-hybridized carbons (Fsp3) is 0.444. The van der Waals surface area contributed by atoms with Gasteiger partial charge >= 0.3 is 0 Å². The molecule has 4 rings (SSSR count). The molecular formula is C27H32N6O3S3. The standard InChI is InChI=1S/C27H32N6O3S3/c1-4-33-24(21(13-14-37-3)29-25(35)17-9-11-18(36-2)12-10-17)31-32-27(33)38-16-23(34)30-26-20(15-28)19-7-5-6-8-22(19)39-26/h9-12,21H,4-8,13-14,16H2,1-3H3,(H,29,35)(H,30,34). The number of hydrogen-bond acceptors (Lipinski definition) is 9. The van der Waals surface area contributed by atoms with Crippen LogP contribution in [0.5, 0.6) is 5.75 Å². The second-order valence-corrected chi connectivity index (χ2v) is 12.0. The first-order valence-corrected chi connectivity index (χ1v) is 16.0. The first kappa shape index (κ1) is 29.0. The highest BCUT2D eigenvalue weighted by Gasteiger charge is 2.25. The Bertz CT molecular complexity index is 1350. The lowest BCUT2D eigenvalue weighted by molar-refractivity contribution is -0.113. The molecule has 12 heteroatoms. The lowest BCUT2D eigenvalue weighted by atomic mass is 9.96. The number of ether oxygens (including phenoxy) is 1. The second-order valence-electron chi connectivity index (χ2n) is 8.98. The molecule has 0 saturated heterocycles. The van der Waals surface area contributed by atoms with E-state index in [4.69, 9.17) is 4.74 Å². The third-order valence-electron chi connectivity index (χ3n) is 6.51. The van der Waals surface area contributed by atoms with Crippen molar-refractivity contribution in [3.8, 4) is 11.8 Å². The number of rotatable bonds is 12. The number of nitriles is 1. The molecule has 3 aromatic rings. The number of anilines is 1. The molecule has 0 saturated carbocycles. The van der Waals surface area contributed by atoms with Gasteiger partial charge in [0, 0.05) is 17.0 Å². The molecule has 2 heterocycles. The Hall–Kier alpha value is -3.01. The van der Waals surface area contributed by atoms with Crippen molar-refractivity contribution in [3.63, 3.8) is 0 Å². The van der Waals surface area contributed by atoms with Crippen LogP contribution in [0.1, 0.15) is 64.4 Å². The molecule has 9 nitrogen and oxygen atoms in total. The number of nitrogens with one attached hydrogen (secondary N) is 2. The van der Waals surface area contributed by atoms with Gasteiger partial charge in [-0.1, -0.05) is 11.8 Å². The molecule has 1 aliphatic carbocycles. The molecule has 1 unspecified atom stereocenters. The summed E-state index contributed by atoms with van der Waals surface area (Å²) in [6, 6.07) is 8.92. The van der Waals surface area contributed by atoms with Crippen molar-refractivity contribution < 1.29 is 14.3 Å². The van der Waals surface area contributed by atoms with Crippen molar-refractivity contribution in [1.82, 2.24) is 20.1 Å². The highest BCUT2D eigenvalue weighted by atomic mass is 32.2. The Morgan fingerprint density at radius 3 is 2.69 bits per heavy atom. The smallest absolute Gasteiger partial charge is 0.251 e. The predicted octanol–water partition coefficient (Wildman–Crippen LogP) is 5.07. The summed E-state index contributed by atoms with van der Waals surface area (Å²) in [4.78, 5) is 27.1. The fourth-order valence-electron chi connectivity index (χ4n) is 4.51. The number of aromatic nitrogens is 3. The number of amides is 2. The summed E-state index contributed by atoms with van der Waals surface area (Å²) in [6.45, 7) is 2.58. The Labute approximate surface area is 241 Å². The third-order valence-corrected chi connectivity index (χ3v) is 9.33. The summed E-state index contributed by atoms with van der Waals surface area (Å²) in [5.41, 5.74) is 2.24. The van der Waals surface area contributed by atoms with Gasteiger partial charge in [-0.15, -0.1) is 21.5 Å². The van der Waals surface area contributed by atoms with E-state index in [2.05, 4.69) is 26.9 Å². The first-order valence-electron chi connectivity index (χ1n) is 12.8. The van der Waals surface area contributed by atoms with Gasteiger partial charge in [-0.25, -0.2) is 0 Å². The number of benzene rings is 1. The minimum Gasteiger partial charge on any atom is -0.497 e. The van der Waals surface area contributed by atoms with Crippen LogP contribution in [0.4, 0.5) is 5.00 Å². The van der Waals surface area contributed by atoms with E-state index in [1.54, 1.807) is 43.1 Å². The minimum absolute atomic E-state index is 0.138. The van der Waals surface area contributed by atoms with Gasteiger partial charge in [-0.2, -0.15) is 17.0 Å². The summed E-state index contributed by atoms with van der Waals surface area (Å²) >= 11 is 4.51. The van der Waals surface area contributed by atoms with Gasteiger partial charge in [0.05, 0.1) is 24.5 Å². The Balaban J connectivity index is 1.44. The first-order chi connectivity index (χ1) is 19.0. The van der Waals surface area contributed by atoms with Crippen molar-refractivity contribution in [2.24, 2.45) is 0 Å². The molecule has 206 valence electrons. The fourth-order valence-corrected chi connectivity index (χ4v) is 7.05. The predicted molar refractivity (Wildman–Crippen MR) is 157 cm³/mol. The summed E-state index contributed by atoms with van der Waals surface area (Å²) < 4.78 is 7.13. The summed E-state index contributed by atoms with van der Waals surface area (Å²) in [6.07, 6.45) is 6.77. The van der Waals surface area contributed by atoms with Gasteiger partial charge in [-0.05, 0) is 80.9 Å². The van der Waals surface area contributed by atoms with Crippen LogP contribution < -0.4 is 15.4 Å². The van der Waals surface area contributed by atoms with Crippen LogP contribution in [0.2, 0.25) is 0 Å². The quantitative estimate of drug-likeness (QED) is 0.283. The van der Waals surface area contributed by atoms with Crippen molar-refractivity contribution in [3.05, 3.63) is 51.7 Å². The Morgan fingerprint density at radius 2 is 2.00 bits per heavy atom. The molecule has 1 atom stereocenters. The number of nitrogens with zero attached hydrogens (tertiary/aromatic N) is 4. The summed E-state index contributed by atoms with van der Waals surface area (Å²) in [5.74, 6) is 1.93. The highest BCUT2D eigenvalue weighted by Crippen LogP contribution is 2.37. The molecular weight excluding hydrogens is 553 g/mol. The number of aryl methyl sites for hydroxylation is 1. The van der Waals surface area contributed by atoms with Crippen molar-refractivity contribution in [2.45, 2.75) is 56.8 Å². The number of thiophene rings is 1. The van der Waals surface area contributed by atoms with E-state index < -0.39 is 0 Å². The van der Waals surface area contributed by atoms with E-state index in [1.165, 1.54) is 28.0 Å². The normalized spacial score (nSPS) is 13.3. The van der Waals surface area contributed by atoms with Gasteiger partial charge in [0.25, 0.3) is 5.91 Å². The Kier molecular flexibility index (Phi) is 10.3. The van der Waals surface area contributed by atoms with Crippen LogP contribution in [0.3, 0.4) is 0 Å². The average Bonchev–Trinajstić information content (AvgIpc) is 3.54. The SMILES string of the molecule is CCn1c(SCC(=O)Nc2sc3c(c2C#N)CCCC3)nnc1C(CCSC)NC(=O)c1ccc(OC)cc1. The lowest BCUT2D eigenvalue weighted by Gasteiger charge is -2.19. The molecule has 2 amide bonds. The van der Waals surface area contributed by atoms with E-state index in [1.807, 2.05) is 17.7 Å². The van der Waals surface area contributed by atoms with Crippen LogP contribution >= 0.6 is 34.9 Å². The number of carbonyl (C=O) groups excluding carboxylic acids is 2. The van der Waals surface area contributed by atoms with E-state index in [9.17, 15) is 14.9 Å². The zero-order valence-electron chi connectivity index (χ0n) is 22.3. The van der Waals surface area contributed by atoms with Crippen LogP contribution in [-0.2, 0) is 24.2 Å². The van der Waals surface area contributed by atoms with Gasteiger partial charge in [0.1, 0.15) is 16.8 Å². The number of methoxy groups -OCH3 is 1. The van der Waals surface area contributed by atoms with Crippen molar-refractivity contribution in [2.75, 3.05) is 30.2 Å². The lowest BCUT2D eigenvalue weighted by Crippen LogP contribution is -2.31. The van der Waals surface area contributed by atoms with Crippen molar-refractivity contribution >= 4 is 51.7 Å². The maximum absolute atomic E-state index is 13.0. The van der Waals surface area contributed by atoms with Crippen molar-refractivity contribution in [1.29, 1.82) is 5.26 Å². The molecule has 1 aromatic carbocycles. The summed E-state index contributed by atoms with van der Waals surface area (Å²) in [7, 11) is 1.59. The van der Waals surface area contributed by atoms with E-state index in [0.717, 1.165) is 37.0 Å². The van der Waals surface area contributed by atoms with Gasteiger partial charge in [-0.3, -0.25) is 9.59 Å². The molecule has 2 aromatic heterocycles. The van der Waals surface area contributed by atoms with Gasteiger partial charge < -0.3 is 19.9 Å². The summed E-state index contributed by atoms with van der Waals surface area (Å²) in [5, 5.41) is 25.8. The largest absolute Gasteiger partial charge is 0.497 e. The highest BCUT2D eigenvalue weighted by molar-refractivity contribution is 7.99. The van der Waals surface area contributed by atoms with Gasteiger partial charge in [0.15, 0.2) is 11.0 Å². The molecule has 39 heavy (non-hydrogen) atoms. The zero-order valence-corrected chi connectivity index (χ0v) is 24.7. The molecule has 2 N–H and O–H groups in total. The minimum atomic E-state index is -0.335. The van der Waals surface area contributed by atoms with Crippen LogP contribution in [-0.4, -0.2) is 51.5 Å². The number of fused-ring (bicyclic) bond motifs is 1. The van der Waals surface area contributed by atoms with E-state index in [-0.39, 0.29) is 23.6 Å². The third kappa shape index (κ3) is 6.96. The molecule has 0 spiro atoms. The zero-order chi connectivity index (χ0) is 27.8. The average molecular weight is 585 g/mol. The van der Waals surface area contributed by atoms with E-state index in [0.29, 0.717) is 45.8 Å². The molecule has 1 aliphatic rings. The second kappa shape index (κ2) is 13.9. The maximum atomic E-state index is 13.0. The molecule has 0 fully saturated rings. The molecule has 0 radical (unpaired) electrons. The van der Waals surface area contributed by atoms with Crippen LogP contribution in [0, 0.1) is 11.3 Å². The topological polar surface area (TPSA) is 122 Å². The molecule has 0 aliphatic heterocycles. The number of carbonyl (C=O) groups is 2. The monoisotopic (exact) mass is 584 g/mol. The van der Waals surface area contributed by atoms with Crippen LogP contribution in [0.25, 0.3) is 0 Å². The number of thioether (sulfide) groups is 2.